The Kier molecular flexibility index (Phi) is 6.55. The largest absolute Gasteiger partial charge is 0.496 e. The summed E-state index contributed by atoms with van der Waals surface area (Å²) in [7, 11) is 1.68. The number of methoxy groups -OCH3 is 1. The third kappa shape index (κ3) is 5.06. The molecule has 4 heteroatoms. The second-order valence-electron chi connectivity index (χ2n) is 4.20. The summed E-state index contributed by atoms with van der Waals surface area (Å²) < 4.78 is 6.36. The van der Waals surface area contributed by atoms with E-state index >= 15 is 0 Å². The van der Waals surface area contributed by atoms with E-state index in [0.29, 0.717) is 5.92 Å². The highest BCUT2D eigenvalue weighted by Gasteiger charge is 2.05. The van der Waals surface area contributed by atoms with Crippen LogP contribution in [0.3, 0.4) is 0 Å². The lowest BCUT2D eigenvalue weighted by atomic mass is 10.1. The Morgan fingerprint density at radius 1 is 1.47 bits per heavy atom. The molecule has 1 unspecified atom stereocenters. The molecule has 1 rings (SSSR count). The van der Waals surface area contributed by atoms with Crippen LogP contribution in [0, 0.1) is 5.92 Å². The highest BCUT2D eigenvalue weighted by molar-refractivity contribution is 9.10. The average Bonchev–Trinajstić information content (AvgIpc) is 2.30. The molecular formula is C13H20BrNO2. The molecular weight excluding hydrogens is 282 g/mol. The molecule has 96 valence electrons. The van der Waals surface area contributed by atoms with Crippen molar-refractivity contribution < 1.29 is 9.84 Å². The van der Waals surface area contributed by atoms with Crippen LogP contribution < -0.4 is 10.1 Å². The van der Waals surface area contributed by atoms with E-state index in [-0.39, 0.29) is 6.61 Å². The quantitative estimate of drug-likeness (QED) is 0.813. The van der Waals surface area contributed by atoms with Gasteiger partial charge in [0.25, 0.3) is 0 Å². The summed E-state index contributed by atoms with van der Waals surface area (Å²) in [6.45, 7) is 4.05. The van der Waals surface area contributed by atoms with Crippen molar-refractivity contribution in [3.8, 4) is 5.75 Å². The predicted molar refractivity (Wildman–Crippen MR) is 73.3 cm³/mol. The zero-order valence-electron chi connectivity index (χ0n) is 10.4. The van der Waals surface area contributed by atoms with E-state index in [4.69, 9.17) is 9.84 Å². The fourth-order valence-corrected chi connectivity index (χ4v) is 2.07. The van der Waals surface area contributed by atoms with Crippen molar-refractivity contribution in [1.29, 1.82) is 0 Å². The molecule has 0 saturated heterocycles. The standard InChI is InChI=1S/C13H20BrNO2/c1-10(5-6-16)8-15-9-11-7-12(14)3-4-13(11)17-2/h3-4,7,10,15-16H,5-6,8-9H2,1-2H3. The lowest BCUT2D eigenvalue weighted by Crippen LogP contribution is -2.21. The smallest absolute Gasteiger partial charge is 0.123 e. The maximum atomic E-state index is 8.82. The Bertz CT molecular complexity index is 344. The highest BCUT2D eigenvalue weighted by atomic mass is 79.9. The predicted octanol–water partition coefficient (Wildman–Crippen LogP) is 2.57. The van der Waals surface area contributed by atoms with Gasteiger partial charge < -0.3 is 15.2 Å². The van der Waals surface area contributed by atoms with Gasteiger partial charge in [-0.05, 0) is 37.1 Å². The molecule has 0 saturated carbocycles. The van der Waals surface area contributed by atoms with Crippen molar-refractivity contribution in [1.82, 2.24) is 5.32 Å². The van der Waals surface area contributed by atoms with Crippen LogP contribution in [0.15, 0.2) is 22.7 Å². The fourth-order valence-electron chi connectivity index (χ4n) is 1.66. The minimum atomic E-state index is 0.253. The molecule has 17 heavy (non-hydrogen) atoms. The van der Waals surface area contributed by atoms with E-state index in [0.717, 1.165) is 35.3 Å². The SMILES string of the molecule is COc1ccc(Br)cc1CNCC(C)CCO. The molecule has 0 aromatic heterocycles. The van der Waals surface area contributed by atoms with E-state index in [1.165, 1.54) is 0 Å². The van der Waals surface area contributed by atoms with Crippen molar-refractivity contribution in [3.05, 3.63) is 28.2 Å². The number of nitrogens with one attached hydrogen (secondary N) is 1. The highest BCUT2D eigenvalue weighted by Crippen LogP contribution is 2.22. The number of hydrogen-bond acceptors (Lipinski definition) is 3. The van der Waals surface area contributed by atoms with E-state index in [1.807, 2.05) is 12.1 Å². The summed E-state index contributed by atoms with van der Waals surface area (Å²) in [6.07, 6.45) is 0.836. The second-order valence-corrected chi connectivity index (χ2v) is 5.12. The maximum absolute atomic E-state index is 8.82. The molecule has 1 atom stereocenters. The molecule has 1 aromatic rings. The molecule has 0 heterocycles. The van der Waals surface area contributed by atoms with Crippen LogP contribution >= 0.6 is 15.9 Å². The molecule has 0 spiro atoms. The lowest BCUT2D eigenvalue weighted by Gasteiger charge is -2.13. The van der Waals surface area contributed by atoms with Crippen LogP contribution in [0.5, 0.6) is 5.75 Å². The normalized spacial score (nSPS) is 12.5. The minimum absolute atomic E-state index is 0.253. The molecule has 0 amide bonds. The van der Waals surface area contributed by atoms with Crippen LogP contribution in [0.1, 0.15) is 18.9 Å². The van der Waals surface area contributed by atoms with Crippen LogP contribution in [0.2, 0.25) is 0 Å². The van der Waals surface area contributed by atoms with Gasteiger partial charge in [-0.3, -0.25) is 0 Å². The van der Waals surface area contributed by atoms with Gasteiger partial charge in [0.1, 0.15) is 5.75 Å². The van der Waals surface area contributed by atoms with Gasteiger partial charge in [-0.1, -0.05) is 22.9 Å². The van der Waals surface area contributed by atoms with Crippen molar-refractivity contribution in [3.63, 3.8) is 0 Å². The molecule has 0 bridgehead atoms. The monoisotopic (exact) mass is 301 g/mol. The summed E-state index contributed by atoms with van der Waals surface area (Å²) in [5.41, 5.74) is 1.14. The van der Waals surface area contributed by atoms with Gasteiger partial charge in [0.15, 0.2) is 0 Å². The molecule has 3 nitrogen and oxygen atoms in total. The number of ether oxygens (including phenoxy) is 1. The number of hydrogen-bond donors (Lipinski definition) is 2. The van der Waals surface area contributed by atoms with Gasteiger partial charge in [0.2, 0.25) is 0 Å². The first-order valence-electron chi connectivity index (χ1n) is 5.81. The molecule has 1 aromatic carbocycles. The Morgan fingerprint density at radius 3 is 2.88 bits per heavy atom. The lowest BCUT2D eigenvalue weighted by molar-refractivity contribution is 0.260. The van der Waals surface area contributed by atoms with Crippen LogP contribution in [0.25, 0.3) is 0 Å². The Morgan fingerprint density at radius 2 is 2.24 bits per heavy atom. The average molecular weight is 302 g/mol. The third-order valence-electron chi connectivity index (χ3n) is 2.67. The summed E-state index contributed by atoms with van der Waals surface area (Å²) in [5, 5.41) is 12.2. The zero-order chi connectivity index (χ0) is 12.7. The van der Waals surface area contributed by atoms with Gasteiger partial charge in [0, 0.05) is 23.2 Å². The summed E-state index contributed by atoms with van der Waals surface area (Å²) in [6, 6.07) is 5.98. The first-order valence-corrected chi connectivity index (χ1v) is 6.60. The third-order valence-corrected chi connectivity index (χ3v) is 3.17. The number of rotatable bonds is 7. The molecule has 0 radical (unpaired) electrons. The summed E-state index contributed by atoms with van der Waals surface area (Å²) in [4.78, 5) is 0. The fraction of sp³-hybridized carbons (Fsp3) is 0.538. The van der Waals surface area contributed by atoms with E-state index in [1.54, 1.807) is 7.11 Å². The van der Waals surface area contributed by atoms with E-state index in [9.17, 15) is 0 Å². The van der Waals surface area contributed by atoms with E-state index in [2.05, 4.69) is 34.2 Å². The number of halogens is 1. The maximum Gasteiger partial charge on any atom is 0.123 e. The summed E-state index contributed by atoms with van der Waals surface area (Å²) in [5.74, 6) is 1.38. The van der Waals surface area contributed by atoms with Gasteiger partial charge in [-0.15, -0.1) is 0 Å². The van der Waals surface area contributed by atoms with Crippen LogP contribution in [0.4, 0.5) is 0 Å². The molecule has 2 N–H and O–H groups in total. The molecule has 0 aliphatic heterocycles. The van der Waals surface area contributed by atoms with Crippen LogP contribution in [-0.4, -0.2) is 25.4 Å². The Hall–Kier alpha value is -0.580. The molecule has 0 fully saturated rings. The van der Waals surface area contributed by atoms with Crippen molar-refractivity contribution in [2.24, 2.45) is 5.92 Å². The second kappa shape index (κ2) is 7.69. The Labute approximate surface area is 111 Å². The first kappa shape index (κ1) is 14.5. The van der Waals surface area contributed by atoms with Crippen molar-refractivity contribution >= 4 is 15.9 Å². The number of benzene rings is 1. The summed E-state index contributed by atoms with van der Waals surface area (Å²) >= 11 is 3.45. The molecule has 0 aliphatic carbocycles. The van der Waals surface area contributed by atoms with Crippen molar-refractivity contribution in [2.45, 2.75) is 19.9 Å². The van der Waals surface area contributed by atoms with Gasteiger partial charge >= 0.3 is 0 Å². The van der Waals surface area contributed by atoms with Gasteiger partial charge in [-0.25, -0.2) is 0 Å². The number of aliphatic hydroxyl groups is 1. The zero-order valence-corrected chi connectivity index (χ0v) is 12.0. The van der Waals surface area contributed by atoms with Crippen LogP contribution in [-0.2, 0) is 6.54 Å². The Balaban J connectivity index is 2.48. The van der Waals surface area contributed by atoms with Gasteiger partial charge in [-0.2, -0.15) is 0 Å². The minimum Gasteiger partial charge on any atom is -0.496 e. The topological polar surface area (TPSA) is 41.5 Å². The van der Waals surface area contributed by atoms with Gasteiger partial charge in [0.05, 0.1) is 7.11 Å². The van der Waals surface area contributed by atoms with Crippen molar-refractivity contribution in [2.75, 3.05) is 20.3 Å². The number of aliphatic hydroxyl groups excluding tert-OH is 1. The molecule has 0 aliphatic rings. The van der Waals surface area contributed by atoms with E-state index < -0.39 is 0 Å². The first-order chi connectivity index (χ1) is 8.17.